The first-order chi connectivity index (χ1) is 9.83. The first kappa shape index (κ1) is 13.7. The van der Waals surface area contributed by atoms with E-state index in [1.54, 1.807) is 12.3 Å². The van der Waals surface area contributed by atoms with Crippen LogP contribution < -0.4 is 5.73 Å². The van der Waals surface area contributed by atoms with Crippen LogP contribution in [-0.2, 0) is 11.6 Å². The van der Waals surface area contributed by atoms with Gasteiger partial charge in [0.15, 0.2) is 0 Å². The molecule has 3 N–H and O–H groups in total. The maximum atomic E-state index is 12.5. The monoisotopic (exact) mass is 295 g/mol. The summed E-state index contributed by atoms with van der Waals surface area (Å²) in [6.07, 6.45) is 0.0895. The van der Waals surface area contributed by atoms with E-state index < -0.39 is 17.8 Å². The van der Waals surface area contributed by atoms with Gasteiger partial charge in [-0.2, -0.15) is 13.2 Å². The molecule has 1 aliphatic carbocycles. The van der Waals surface area contributed by atoms with Crippen molar-refractivity contribution in [3.8, 4) is 0 Å². The lowest BCUT2D eigenvalue weighted by Crippen LogP contribution is -2.13. The van der Waals surface area contributed by atoms with Crippen molar-refractivity contribution in [3.05, 3.63) is 53.1 Å². The number of H-pyrrole nitrogens is 1. The molecular weight excluding hydrogens is 283 g/mol. The molecule has 0 radical (unpaired) electrons. The summed E-state index contributed by atoms with van der Waals surface area (Å²) in [6.45, 7) is 0. The van der Waals surface area contributed by atoms with Gasteiger partial charge in [0.25, 0.3) is 5.91 Å². The molecule has 1 amide bonds. The number of nitrogens with two attached hydrogens (primary N) is 1. The van der Waals surface area contributed by atoms with Crippen LogP contribution in [0, 0.1) is 0 Å². The molecule has 2 aromatic heterocycles. The van der Waals surface area contributed by atoms with Gasteiger partial charge in [-0.1, -0.05) is 6.07 Å². The number of aromatic amines is 1. The minimum atomic E-state index is -4.44. The van der Waals surface area contributed by atoms with Gasteiger partial charge in [0.05, 0.1) is 0 Å². The average molecular weight is 295 g/mol. The van der Waals surface area contributed by atoms with Crippen LogP contribution in [0.5, 0.6) is 0 Å². The van der Waals surface area contributed by atoms with Gasteiger partial charge < -0.3 is 10.7 Å². The highest BCUT2D eigenvalue weighted by Crippen LogP contribution is 2.53. The van der Waals surface area contributed by atoms with Crippen LogP contribution in [0.1, 0.15) is 40.2 Å². The van der Waals surface area contributed by atoms with Crippen molar-refractivity contribution in [2.75, 3.05) is 0 Å². The Hall–Kier alpha value is -2.31. The van der Waals surface area contributed by atoms with Gasteiger partial charge in [-0.3, -0.25) is 9.78 Å². The Kier molecular flexibility index (Phi) is 2.82. The summed E-state index contributed by atoms with van der Waals surface area (Å²) < 4.78 is 37.6. The van der Waals surface area contributed by atoms with Gasteiger partial charge in [0.1, 0.15) is 11.4 Å². The number of alkyl halides is 3. The molecule has 0 bridgehead atoms. The number of halogens is 3. The summed E-state index contributed by atoms with van der Waals surface area (Å²) >= 11 is 0. The number of rotatable bonds is 3. The van der Waals surface area contributed by atoms with E-state index in [4.69, 9.17) is 5.73 Å². The molecule has 0 spiro atoms. The SMILES string of the molecule is NC(=O)c1cc(C2(c3ccc(C(F)(F)F)nc3)CC2)c[nH]1. The number of carbonyl (C=O) groups is 1. The number of pyridine rings is 1. The summed E-state index contributed by atoms with van der Waals surface area (Å²) in [5.41, 5.74) is 5.77. The molecule has 0 saturated heterocycles. The Bertz CT molecular complexity index is 684. The van der Waals surface area contributed by atoms with Crippen LogP contribution in [0.4, 0.5) is 13.2 Å². The maximum absolute atomic E-state index is 12.5. The quantitative estimate of drug-likeness (QED) is 0.913. The number of amides is 1. The van der Waals surface area contributed by atoms with Gasteiger partial charge in [-0.05, 0) is 36.1 Å². The number of primary amides is 1. The Balaban J connectivity index is 1.93. The fourth-order valence-electron chi connectivity index (χ4n) is 2.53. The second-order valence-corrected chi connectivity index (χ2v) is 5.18. The summed E-state index contributed by atoms with van der Waals surface area (Å²) in [5.74, 6) is -0.567. The Labute approximate surface area is 118 Å². The lowest BCUT2D eigenvalue weighted by atomic mass is 9.91. The van der Waals surface area contributed by atoms with Crippen molar-refractivity contribution in [1.29, 1.82) is 0 Å². The lowest BCUT2D eigenvalue weighted by molar-refractivity contribution is -0.141. The number of hydrogen-bond acceptors (Lipinski definition) is 2. The Morgan fingerprint density at radius 2 is 2.00 bits per heavy atom. The lowest BCUT2D eigenvalue weighted by Gasteiger charge is -2.14. The zero-order chi connectivity index (χ0) is 15.3. The van der Waals surface area contributed by atoms with Crippen molar-refractivity contribution < 1.29 is 18.0 Å². The minimum Gasteiger partial charge on any atom is -0.364 e. The van der Waals surface area contributed by atoms with Crippen LogP contribution in [-0.4, -0.2) is 15.9 Å². The molecule has 1 aliphatic rings. The summed E-state index contributed by atoms with van der Waals surface area (Å²) in [6, 6.07) is 4.07. The van der Waals surface area contributed by atoms with E-state index in [1.165, 1.54) is 12.3 Å². The minimum absolute atomic E-state index is 0.288. The fraction of sp³-hybridized carbons (Fsp3) is 0.286. The number of nitrogens with one attached hydrogen (secondary N) is 1. The van der Waals surface area contributed by atoms with E-state index in [0.29, 0.717) is 5.56 Å². The van der Waals surface area contributed by atoms with Gasteiger partial charge in [0.2, 0.25) is 0 Å². The molecule has 110 valence electrons. The van der Waals surface area contributed by atoms with Gasteiger partial charge in [-0.15, -0.1) is 0 Å². The molecular formula is C14H12F3N3O. The van der Waals surface area contributed by atoms with Crippen molar-refractivity contribution in [1.82, 2.24) is 9.97 Å². The molecule has 7 heteroatoms. The molecule has 0 unspecified atom stereocenters. The predicted octanol–water partition coefficient (Wildman–Crippen LogP) is 2.61. The zero-order valence-corrected chi connectivity index (χ0v) is 10.9. The predicted molar refractivity (Wildman–Crippen MR) is 68.6 cm³/mol. The zero-order valence-electron chi connectivity index (χ0n) is 10.9. The fourth-order valence-corrected chi connectivity index (χ4v) is 2.53. The molecule has 3 rings (SSSR count). The molecule has 4 nitrogen and oxygen atoms in total. The van der Waals surface area contributed by atoms with E-state index in [1.807, 2.05) is 0 Å². The number of hydrogen-bond donors (Lipinski definition) is 2. The topological polar surface area (TPSA) is 71.8 Å². The van der Waals surface area contributed by atoms with Crippen molar-refractivity contribution in [2.45, 2.75) is 24.4 Å². The van der Waals surface area contributed by atoms with E-state index in [-0.39, 0.29) is 11.1 Å². The standard InChI is InChI=1S/C14H12F3N3O/c15-14(16,17)11-2-1-8(6-20-11)13(3-4-13)9-5-10(12(18)21)19-7-9/h1-2,5-7,19H,3-4H2,(H2,18,21). The second kappa shape index (κ2) is 4.34. The first-order valence-corrected chi connectivity index (χ1v) is 6.35. The average Bonchev–Trinajstić information content (AvgIpc) is 3.07. The first-order valence-electron chi connectivity index (χ1n) is 6.35. The molecule has 0 atom stereocenters. The van der Waals surface area contributed by atoms with E-state index in [2.05, 4.69) is 9.97 Å². The summed E-state index contributed by atoms with van der Waals surface area (Å²) in [7, 11) is 0. The third-order valence-corrected chi connectivity index (χ3v) is 3.86. The number of carbonyl (C=O) groups excluding carboxylic acids is 1. The second-order valence-electron chi connectivity index (χ2n) is 5.18. The molecule has 21 heavy (non-hydrogen) atoms. The molecule has 0 aromatic carbocycles. The largest absolute Gasteiger partial charge is 0.433 e. The molecule has 1 saturated carbocycles. The van der Waals surface area contributed by atoms with Crippen LogP contribution in [0.3, 0.4) is 0 Å². The van der Waals surface area contributed by atoms with Crippen molar-refractivity contribution in [2.24, 2.45) is 5.73 Å². The van der Waals surface area contributed by atoms with Crippen molar-refractivity contribution in [3.63, 3.8) is 0 Å². The van der Waals surface area contributed by atoms with Gasteiger partial charge in [0, 0.05) is 17.8 Å². The highest BCUT2D eigenvalue weighted by molar-refractivity contribution is 5.91. The third kappa shape index (κ3) is 2.28. The van der Waals surface area contributed by atoms with E-state index >= 15 is 0 Å². The highest BCUT2D eigenvalue weighted by Gasteiger charge is 2.47. The summed E-state index contributed by atoms with van der Waals surface area (Å²) in [5, 5.41) is 0. The van der Waals surface area contributed by atoms with E-state index in [0.717, 1.165) is 24.5 Å². The smallest absolute Gasteiger partial charge is 0.364 e. The normalized spacial score (nSPS) is 16.7. The van der Waals surface area contributed by atoms with Crippen LogP contribution in [0.15, 0.2) is 30.6 Å². The van der Waals surface area contributed by atoms with Crippen LogP contribution >= 0.6 is 0 Å². The van der Waals surface area contributed by atoms with Crippen LogP contribution in [0.25, 0.3) is 0 Å². The number of aromatic nitrogens is 2. The molecule has 2 heterocycles. The van der Waals surface area contributed by atoms with Gasteiger partial charge >= 0.3 is 6.18 Å². The van der Waals surface area contributed by atoms with Crippen LogP contribution in [0.2, 0.25) is 0 Å². The van der Waals surface area contributed by atoms with Crippen molar-refractivity contribution >= 4 is 5.91 Å². The Morgan fingerprint density at radius 3 is 2.43 bits per heavy atom. The number of nitrogens with zero attached hydrogens (tertiary/aromatic N) is 1. The summed E-state index contributed by atoms with van der Waals surface area (Å²) in [4.78, 5) is 17.4. The molecule has 1 fully saturated rings. The molecule has 0 aliphatic heterocycles. The van der Waals surface area contributed by atoms with E-state index in [9.17, 15) is 18.0 Å². The van der Waals surface area contributed by atoms with Gasteiger partial charge in [-0.25, -0.2) is 0 Å². The maximum Gasteiger partial charge on any atom is 0.433 e. The Morgan fingerprint density at radius 1 is 1.29 bits per heavy atom. The molecule has 2 aromatic rings. The highest BCUT2D eigenvalue weighted by atomic mass is 19.4. The third-order valence-electron chi connectivity index (χ3n) is 3.86.